The first-order valence-electron chi connectivity index (χ1n) is 8.79. The van der Waals surface area contributed by atoms with Gasteiger partial charge in [0, 0.05) is 7.05 Å². The number of aryl methyl sites for hydroxylation is 1. The van der Waals surface area contributed by atoms with Crippen molar-refractivity contribution in [2.24, 2.45) is 7.05 Å². The first-order chi connectivity index (χ1) is 11.6. The zero-order valence-corrected chi connectivity index (χ0v) is 15.9. The number of rotatable bonds is 2. The van der Waals surface area contributed by atoms with E-state index in [4.69, 9.17) is 0 Å². The summed E-state index contributed by atoms with van der Waals surface area (Å²) in [6.07, 6.45) is 8.67. The van der Waals surface area contributed by atoms with Crippen molar-refractivity contribution in [3.8, 4) is 0 Å². The lowest BCUT2D eigenvalue weighted by molar-refractivity contribution is -0.122. The molecule has 2 saturated carbocycles. The normalized spacial score (nSPS) is 21.8. The molecule has 124 valence electrons. The molecule has 0 bridgehead atoms. The molecular formula is C19H20IN3O. The van der Waals surface area contributed by atoms with Crippen LogP contribution in [0.2, 0.25) is 0 Å². The van der Waals surface area contributed by atoms with Crippen molar-refractivity contribution in [1.82, 2.24) is 9.78 Å². The molecule has 2 heterocycles. The average Bonchev–Trinajstić information content (AvgIpc) is 3.16. The molecule has 1 aliphatic heterocycles. The van der Waals surface area contributed by atoms with Gasteiger partial charge in [-0.05, 0) is 71.4 Å². The van der Waals surface area contributed by atoms with Gasteiger partial charge in [-0.1, -0.05) is 25.0 Å². The number of hydrogen-bond acceptors (Lipinski definition) is 2. The molecule has 0 unspecified atom stereocenters. The number of fused-ring (bicyclic) bond motifs is 2. The molecule has 2 aliphatic carbocycles. The highest BCUT2D eigenvalue weighted by Crippen LogP contribution is 2.58. The lowest BCUT2D eigenvalue weighted by atomic mass is 9.77. The third-order valence-corrected chi connectivity index (χ3v) is 6.72. The first kappa shape index (κ1) is 14.9. The number of nitrogens with zero attached hydrogens (tertiary/aromatic N) is 3. The second-order valence-corrected chi connectivity index (χ2v) is 8.55. The minimum Gasteiger partial charge on any atom is -0.273 e. The van der Waals surface area contributed by atoms with E-state index in [0.29, 0.717) is 5.92 Å². The highest BCUT2D eigenvalue weighted by molar-refractivity contribution is 14.1. The monoisotopic (exact) mass is 433 g/mol. The summed E-state index contributed by atoms with van der Waals surface area (Å²) >= 11 is 2.29. The van der Waals surface area contributed by atoms with Crippen LogP contribution in [0.3, 0.4) is 0 Å². The van der Waals surface area contributed by atoms with E-state index >= 15 is 0 Å². The van der Waals surface area contributed by atoms with Crippen LogP contribution in [0.15, 0.2) is 24.4 Å². The van der Waals surface area contributed by atoms with Gasteiger partial charge in [0.25, 0.3) is 0 Å². The number of carbonyl (C=O) groups excluding carboxylic acids is 1. The minimum absolute atomic E-state index is 0.268. The van der Waals surface area contributed by atoms with E-state index in [-0.39, 0.29) is 11.3 Å². The Morgan fingerprint density at radius 3 is 2.62 bits per heavy atom. The van der Waals surface area contributed by atoms with Crippen molar-refractivity contribution in [3.05, 3.63) is 39.1 Å². The van der Waals surface area contributed by atoms with E-state index < -0.39 is 0 Å². The van der Waals surface area contributed by atoms with Crippen LogP contribution in [0.5, 0.6) is 0 Å². The molecule has 3 aliphatic rings. The highest BCUT2D eigenvalue weighted by Gasteiger charge is 2.55. The van der Waals surface area contributed by atoms with E-state index in [1.54, 1.807) is 0 Å². The van der Waals surface area contributed by atoms with Crippen molar-refractivity contribution in [1.29, 1.82) is 0 Å². The maximum atomic E-state index is 13.7. The van der Waals surface area contributed by atoms with Crippen LogP contribution in [-0.4, -0.2) is 15.7 Å². The topological polar surface area (TPSA) is 38.1 Å². The van der Waals surface area contributed by atoms with Gasteiger partial charge in [-0.25, -0.2) is 0 Å². The maximum absolute atomic E-state index is 13.7. The third kappa shape index (κ3) is 1.85. The van der Waals surface area contributed by atoms with Crippen molar-refractivity contribution in [2.75, 3.05) is 4.90 Å². The van der Waals surface area contributed by atoms with Crippen molar-refractivity contribution < 1.29 is 4.79 Å². The van der Waals surface area contributed by atoms with Crippen molar-refractivity contribution in [3.63, 3.8) is 0 Å². The first-order valence-corrected chi connectivity index (χ1v) is 9.87. The minimum atomic E-state index is -0.290. The SMILES string of the molecule is Cn1ncc(I)c1N1C(=O)C2(CCCC2)c2c(C3CC3)cccc21. The van der Waals surface area contributed by atoms with Gasteiger partial charge in [-0.3, -0.25) is 14.4 Å². The Balaban J connectivity index is 1.78. The Morgan fingerprint density at radius 2 is 2.00 bits per heavy atom. The third-order valence-electron chi connectivity index (χ3n) is 5.96. The number of hydrogen-bond donors (Lipinski definition) is 0. The molecule has 5 rings (SSSR count). The Bertz CT molecular complexity index is 827. The molecule has 1 amide bonds. The zero-order valence-electron chi connectivity index (χ0n) is 13.8. The van der Waals surface area contributed by atoms with Gasteiger partial charge in [-0.15, -0.1) is 0 Å². The fourth-order valence-corrected chi connectivity index (χ4v) is 5.45. The fourth-order valence-electron chi connectivity index (χ4n) is 4.74. The predicted molar refractivity (Wildman–Crippen MR) is 102 cm³/mol. The molecule has 1 aromatic heterocycles. The standard InChI is InChI=1S/C19H20IN3O/c1-22-17(14(20)11-21-22)23-15-6-4-5-13(12-7-8-12)16(15)19(18(23)24)9-2-3-10-19/h4-6,11-12H,2-3,7-10H2,1H3. The molecular weight excluding hydrogens is 413 g/mol. The summed E-state index contributed by atoms with van der Waals surface area (Å²) in [6, 6.07) is 6.53. The smallest absolute Gasteiger partial charge is 0.243 e. The van der Waals surface area contributed by atoms with Crippen LogP contribution >= 0.6 is 22.6 Å². The molecule has 2 fully saturated rings. The summed E-state index contributed by atoms with van der Waals surface area (Å²) in [5.41, 5.74) is 3.59. The van der Waals surface area contributed by atoms with E-state index in [0.717, 1.165) is 40.8 Å². The molecule has 4 nitrogen and oxygen atoms in total. The van der Waals surface area contributed by atoms with Gasteiger partial charge < -0.3 is 0 Å². The molecule has 2 aromatic rings. The number of halogens is 1. The number of benzene rings is 1. The maximum Gasteiger partial charge on any atom is 0.243 e. The number of carbonyl (C=O) groups is 1. The van der Waals surface area contributed by atoms with E-state index in [2.05, 4.69) is 45.9 Å². The van der Waals surface area contributed by atoms with Crippen LogP contribution in [0.25, 0.3) is 0 Å². The van der Waals surface area contributed by atoms with Crippen molar-refractivity contribution in [2.45, 2.75) is 49.9 Å². The summed E-state index contributed by atoms with van der Waals surface area (Å²) in [6.45, 7) is 0. The Labute approximate surface area is 155 Å². The second-order valence-electron chi connectivity index (χ2n) is 7.39. The van der Waals surface area contributed by atoms with E-state index in [1.807, 2.05) is 22.8 Å². The molecule has 1 aromatic carbocycles. The summed E-state index contributed by atoms with van der Waals surface area (Å²) in [4.78, 5) is 15.6. The van der Waals surface area contributed by atoms with Crippen LogP contribution < -0.4 is 4.90 Å². The number of amides is 1. The molecule has 24 heavy (non-hydrogen) atoms. The van der Waals surface area contributed by atoms with Crippen LogP contribution in [0.1, 0.15) is 55.6 Å². The van der Waals surface area contributed by atoms with Crippen molar-refractivity contribution >= 4 is 40.0 Å². The Hall–Kier alpha value is -1.37. The summed E-state index contributed by atoms with van der Waals surface area (Å²) in [7, 11) is 1.93. The van der Waals surface area contributed by atoms with Gasteiger partial charge in [-0.2, -0.15) is 5.10 Å². The van der Waals surface area contributed by atoms with E-state index in [1.165, 1.54) is 24.0 Å². The van der Waals surface area contributed by atoms with Gasteiger partial charge in [0.05, 0.1) is 20.9 Å². The lowest BCUT2D eigenvalue weighted by Crippen LogP contribution is -2.37. The second kappa shape index (κ2) is 5.07. The number of aromatic nitrogens is 2. The molecule has 0 N–H and O–H groups in total. The fraction of sp³-hybridized carbons (Fsp3) is 0.474. The molecule has 0 saturated heterocycles. The van der Waals surface area contributed by atoms with Crippen LogP contribution in [0, 0.1) is 3.57 Å². The summed E-state index contributed by atoms with van der Waals surface area (Å²) in [5, 5.41) is 4.37. The largest absolute Gasteiger partial charge is 0.273 e. The zero-order chi connectivity index (χ0) is 16.5. The van der Waals surface area contributed by atoms with E-state index in [9.17, 15) is 4.79 Å². The number of anilines is 2. The lowest BCUT2D eigenvalue weighted by Gasteiger charge is -2.24. The molecule has 5 heteroatoms. The van der Waals surface area contributed by atoms with Crippen LogP contribution in [0.4, 0.5) is 11.5 Å². The molecule has 0 radical (unpaired) electrons. The van der Waals surface area contributed by atoms with Crippen LogP contribution in [-0.2, 0) is 17.3 Å². The summed E-state index contributed by atoms with van der Waals surface area (Å²) < 4.78 is 2.86. The van der Waals surface area contributed by atoms with Gasteiger partial charge in [0.1, 0.15) is 0 Å². The molecule has 1 spiro atoms. The van der Waals surface area contributed by atoms with Gasteiger partial charge in [0.15, 0.2) is 5.82 Å². The predicted octanol–water partition coefficient (Wildman–Crippen LogP) is 4.39. The van der Waals surface area contributed by atoms with Gasteiger partial charge in [0.2, 0.25) is 5.91 Å². The average molecular weight is 433 g/mol. The quantitative estimate of drug-likeness (QED) is 0.659. The molecule has 0 atom stereocenters. The van der Waals surface area contributed by atoms with Gasteiger partial charge >= 0.3 is 0 Å². The summed E-state index contributed by atoms with van der Waals surface area (Å²) in [5.74, 6) is 1.85. The Morgan fingerprint density at radius 1 is 1.25 bits per heavy atom. The Kier molecular flexibility index (Phi) is 3.15. The highest BCUT2D eigenvalue weighted by atomic mass is 127.